The molecule has 0 heterocycles. The smallest absolute Gasteiger partial charge is 0.261 e. The molecule has 1 amide bonds. The number of hydrogen-bond donors (Lipinski definition) is 1. The van der Waals surface area contributed by atoms with E-state index in [4.69, 9.17) is 16.3 Å². The molecule has 1 N–H and O–H groups in total. The van der Waals surface area contributed by atoms with Crippen LogP contribution in [0.2, 0.25) is 5.02 Å². The second-order valence-corrected chi connectivity index (χ2v) is 5.52. The summed E-state index contributed by atoms with van der Waals surface area (Å²) in [6.07, 6.45) is -0.819. The first kappa shape index (κ1) is 17.2. The van der Waals surface area contributed by atoms with Crippen LogP contribution >= 0.6 is 11.6 Å². The van der Waals surface area contributed by atoms with E-state index in [0.29, 0.717) is 0 Å². The Morgan fingerprint density at radius 1 is 1.09 bits per heavy atom. The lowest BCUT2D eigenvalue weighted by atomic mass is 10.1. The Balaban J connectivity index is 1.98. The lowest BCUT2D eigenvalue weighted by Crippen LogP contribution is -2.37. The number of halogens is 3. The molecule has 2 aromatic carbocycles. The predicted octanol–water partition coefficient (Wildman–Crippen LogP) is 4.26. The lowest BCUT2D eigenvalue weighted by molar-refractivity contribution is -0.127. The number of amides is 1. The number of hydrogen-bond acceptors (Lipinski definition) is 2. The fraction of sp³-hybridized carbons (Fsp3) is 0.235. The Morgan fingerprint density at radius 3 is 2.30 bits per heavy atom. The molecule has 6 heteroatoms. The standard InChI is InChI=1S/C17H16ClF2NO2/c1-10(12-3-5-13(19)6-4-12)21-17(22)11(2)23-16-8-7-14(20)9-15(16)18/h3-11H,1-2H3,(H,21,22)/t10-,11+/m0/s1. The zero-order valence-corrected chi connectivity index (χ0v) is 13.4. The van der Waals surface area contributed by atoms with Crippen molar-refractivity contribution in [2.45, 2.75) is 26.0 Å². The Kier molecular flexibility index (Phi) is 5.55. The maximum absolute atomic E-state index is 13.0. The van der Waals surface area contributed by atoms with E-state index in [1.165, 1.54) is 24.3 Å². The van der Waals surface area contributed by atoms with Crippen molar-refractivity contribution >= 4 is 17.5 Å². The van der Waals surface area contributed by atoms with Gasteiger partial charge in [0, 0.05) is 0 Å². The SMILES string of the molecule is C[C@H](NC(=O)[C@@H](C)Oc1ccc(F)cc1Cl)c1ccc(F)cc1. The second-order valence-electron chi connectivity index (χ2n) is 5.12. The van der Waals surface area contributed by atoms with Crippen LogP contribution in [0.25, 0.3) is 0 Å². The van der Waals surface area contributed by atoms with Crippen LogP contribution in [0.15, 0.2) is 42.5 Å². The quantitative estimate of drug-likeness (QED) is 0.883. The molecule has 0 aromatic heterocycles. The van der Waals surface area contributed by atoms with Crippen molar-refractivity contribution in [3.8, 4) is 5.75 Å². The Hall–Kier alpha value is -2.14. The van der Waals surface area contributed by atoms with Gasteiger partial charge < -0.3 is 10.1 Å². The van der Waals surface area contributed by atoms with E-state index in [9.17, 15) is 13.6 Å². The van der Waals surface area contributed by atoms with Crippen molar-refractivity contribution in [2.24, 2.45) is 0 Å². The van der Waals surface area contributed by atoms with Crippen molar-refractivity contribution in [2.75, 3.05) is 0 Å². The highest BCUT2D eigenvalue weighted by Gasteiger charge is 2.19. The fourth-order valence-corrected chi connectivity index (χ4v) is 2.19. The molecule has 0 saturated heterocycles. The first-order valence-electron chi connectivity index (χ1n) is 7.04. The van der Waals surface area contributed by atoms with Gasteiger partial charge in [0.05, 0.1) is 11.1 Å². The highest BCUT2D eigenvalue weighted by Crippen LogP contribution is 2.26. The number of carbonyl (C=O) groups is 1. The summed E-state index contributed by atoms with van der Waals surface area (Å²) in [6.45, 7) is 3.34. The van der Waals surface area contributed by atoms with Gasteiger partial charge in [0.25, 0.3) is 5.91 Å². The molecule has 122 valence electrons. The number of benzene rings is 2. The highest BCUT2D eigenvalue weighted by atomic mass is 35.5. The van der Waals surface area contributed by atoms with Gasteiger partial charge in [0.1, 0.15) is 17.4 Å². The molecule has 2 aromatic rings. The zero-order chi connectivity index (χ0) is 17.0. The van der Waals surface area contributed by atoms with Gasteiger partial charge in [-0.3, -0.25) is 4.79 Å². The molecular weight excluding hydrogens is 324 g/mol. The summed E-state index contributed by atoms with van der Waals surface area (Å²) in [5.41, 5.74) is 0.770. The first-order chi connectivity index (χ1) is 10.9. The topological polar surface area (TPSA) is 38.3 Å². The van der Waals surface area contributed by atoms with E-state index in [0.717, 1.165) is 11.6 Å². The van der Waals surface area contributed by atoms with Crippen molar-refractivity contribution in [3.05, 3.63) is 64.7 Å². The van der Waals surface area contributed by atoms with Crippen molar-refractivity contribution in [3.63, 3.8) is 0 Å². The third kappa shape index (κ3) is 4.66. The minimum atomic E-state index is -0.819. The fourth-order valence-electron chi connectivity index (χ4n) is 1.98. The molecule has 0 saturated carbocycles. The summed E-state index contributed by atoms with van der Waals surface area (Å²) in [4.78, 5) is 12.1. The second kappa shape index (κ2) is 7.42. The van der Waals surface area contributed by atoms with Crippen LogP contribution in [0.3, 0.4) is 0 Å². The molecule has 2 rings (SSSR count). The molecule has 2 atom stereocenters. The minimum absolute atomic E-state index is 0.0937. The van der Waals surface area contributed by atoms with Gasteiger partial charge in [0.2, 0.25) is 0 Å². The van der Waals surface area contributed by atoms with Crippen LogP contribution in [0.5, 0.6) is 5.75 Å². The zero-order valence-electron chi connectivity index (χ0n) is 12.6. The van der Waals surface area contributed by atoms with Crippen LogP contribution in [0, 0.1) is 11.6 Å². The molecule has 23 heavy (non-hydrogen) atoms. The molecule has 0 aliphatic heterocycles. The molecule has 3 nitrogen and oxygen atoms in total. The molecule has 0 spiro atoms. The van der Waals surface area contributed by atoms with Gasteiger partial charge >= 0.3 is 0 Å². The van der Waals surface area contributed by atoms with E-state index in [2.05, 4.69) is 5.32 Å². The Morgan fingerprint density at radius 2 is 1.70 bits per heavy atom. The van der Waals surface area contributed by atoms with E-state index in [1.807, 2.05) is 0 Å². The van der Waals surface area contributed by atoms with Gasteiger partial charge in [-0.05, 0) is 49.7 Å². The summed E-state index contributed by atoms with van der Waals surface area (Å²) >= 11 is 5.86. The van der Waals surface area contributed by atoms with Gasteiger partial charge in [0.15, 0.2) is 6.10 Å². The maximum atomic E-state index is 13.0. The predicted molar refractivity (Wildman–Crippen MR) is 84.5 cm³/mol. The maximum Gasteiger partial charge on any atom is 0.261 e. The van der Waals surface area contributed by atoms with Gasteiger partial charge in [-0.15, -0.1) is 0 Å². The summed E-state index contributed by atoms with van der Waals surface area (Å²) in [6, 6.07) is 9.23. The normalized spacial score (nSPS) is 13.3. The van der Waals surface area contributed by atoms with Crippen molar-refractivity contribution in [1.82, 2.24) is 5.32 Å². The highest BCUT2D eigenvalue weighted by molar-refractivity contribution is 6.32. The molecular formula is C17H16ClF2NO2. The van der Waals surface area contributed by atoms with Gasteiger partial charge in [-0.25, -0.2) is 8.78 Å². The number of carbonyl (C=O) groups excluding carboxylic acids is 1. The number of ether oxygens (including phenoxy) is 1. The summed E-state index contributed by atoms with van der Waals surface area (Å²) in [5, 5.41) is 2.86. The molecule has 0 aliphatic rings. The number of rotatable bonds is 5. The lowest BCUT2D eigenvalue weighted by Gasteiger charge is -2.19. The third-order valence-corrected chi connectivity index (χ3v) is 3.59. The molecule has 0 fully saturated rings. The molecule has 0 radical (unpaired) electrons. The van der Waals surface area contributed by atoms with E-state index in [1.54, 1.807) is 26.0 Å². The Bertz CT molecular complexity index is 691. The third-order valence-electron chi connectivity index (χ3n) is 3.30. The van der Waals surface area contributed by atoms with Crippen LogP contribution in [0.1, 0.15) is 25.5 Å². The largest absolute Gasteiger partial charge is 0.479 e. The Labute approximate surface area is 138 Å². The van der Waals surface area contributed by atoms with Crippen LogP contribution in [-0.2, 0) is 4.79 Å². The van der Waals surface area contributed by atoms with E-state index >= 15 is 0 Å². The van der Waals surface area contributed by atoms with Crippen molar-refractivity contribution in [1.29, 1.82) is 0 Å². The summed E-state index contributed by atoms with van der Waals surface area (Å²) < 4.78 is 31.3. The van der Waals surface area contributed by atoms with Crippen LogP contribution < -0.4 is 10.1 Å². The molecule has 0 aliphatic carbocycles. The molecule has 0 unspecified atom stereocenters. The van der Waals surface area contributed by atoms with Crippen LogP contribution in [0.4, 0.5) is 8.78 Å². The monoisotopic (exact) mass is 339 g/mol. The molecule has 0 bridgehead atoms. The van der Waals surface area contributed by atoms with E-state index in [-0.39, 0.29) is 28.5 Å². The van der Waals surface area contributed by atoms with Gasteiger partial charge in [-0.2, -0.15) is 0 Å². The first-order valence-corrected chi connectivity index (χ1v) is 7.42. The average molecular weight is 340 g/mol. The summed E-state index contributed by atoms with van der Waals surface area (Å²) in [5.74, 6) is -0.952. The van der Waals surface area contributed by atoms with Crippen LogP contribution in [-0.4, -0.2) is 12.0 Å². The summed E-state index contributed by atoms with van der Waals surface area (Å²) in [7, 11) is 0. The van der Waals surface area contributed by atoms with Gasteiger partial charge in [-0.1, -0.05) is 23.7 Å². The average Bonchev–Trinajstić information content (AvgIpc) is 2.50. The minimum Gasteiger partial charge on any atom is -0.479 e. The number of nitrogens with one attached hydrogen (secondary N) is 1. The van der Waals surface area contributed by atoms with E-state index < -0.39 is 11.9 Å². The van der Waals surface area contributed by atoms with Crippen molar-refractivity contribution < 1.29 is 18.3 Å².